The highest BCUT2D eigenvalue weighted by Gasteiger charge is 2.32. The van der Waals surface area contributed by atoms with Crippen LogP contribution in [0.4, 0.5) is 0 Å². The fourth-order valence-electron chi connectivity index (χ4n) is 3.76. The summed E-state index contributed by atoms with van der Waals surface area (Å²) in [5, 5.41) is 4.88. The summed E-state index contributed by atoms with van der Waals surface area (Å²) < 4.78 is 8.32. The van der Waals surface area contributed by atoms with Crippen LogP contribution in [-0.2, 0) is 4.79 Å². The fraction of sp³-hybridized carbons (Fsp3) is 0.321. The first-order chi connectivity index (χ1) is 17.0. The SMILES string of the molecule is CCCCCN1C(=O)/C(=C/c2cn(-c3ccccc3)nc2-c2ccc(OCC(C)C)cc2)SC1=S. The molecular formula is C28H31N3O2S2. The Kier molecular flexibility index (Phi) is 8.42. The molecule has 35 heavy (non-hydrogen) atoms. The molecule has 0 unspecified atom stereocenters. The number of carbonyl (C=O) groups excluding carboxylic acids is 1. The maximum atomic E-state index is 13.1. The summed E-state index contributed by atoms with van der Waals surface area (Å²) in [4.78, 5) is 15.5. The van der Waals surface area contributed by atoms with Crippen molar-refractivity contribution in [2.75, 3.05) is 13.2 Å². The van der Waals surface area contributed by atoms with E-state index in [1.807, 2.05) is 71.6 Å². The lowest BCUT2D eigenvalue weighted by atomic mass is 10.1. The van der Waals surface area contributed by atoms with Gasteiger partial charge in [-0.3, -0.25) is 9.69 Å². The van der Waals surface area contributed by atoms with Crippen LogP contribution in [0.3, 0.4) is 0 Å². The number of rotatable bonds is 10. The molecule has 0 saturated carbocycles. The zero-order chi connectivity index (χ0) is 24.8. The average molecular weight is 506 g/mol. The van der Waals surface area contributed by atoms with Gasteiger partial charge < -0.3 is 4.74 Å². The van der Waals surface area contributed by atoms with Gasteiger partial charge in [-0.15, -0.1) is 0 Å². The molecule has 1 amide bonds. The van der Waals surface area contributed by atoms with Crippen molar-refractivity contribution in [3.63, 3.8) is 0 Å². The van der Waals surface area contributed by atoms with E-state index in [0.717, 1.165) is 47.5 Å². The van der Waals surface area contributed by atoms with Gasteiger partial charge in [-0.2, -0.15) is 5.10 Å². The quantitative estimate of drug-likeness (QED) is 0.169. The van der Waals surface area contributed by atoms with Gasteiger partial charge in [0.1, 0.15) is 10.1 Å². The molecule has 0 spiro atoms. The van der Waals surface area contributed by atoms with Crippen LogP contribution in [0.1, 0.15) is 45.6 Å². The summed E-state index contributed by atoms with van der Waals surface area (Å²) in [6, 6.07) is 17.9. The van der Waals surface area contributed by atoms with Gasteiger partial charge >= 0.3 is 0 Å². The van der Waals surface area contributed by atoms with E-state index in [0.29, 0.717) is 28.3 Å². The molecule has 2 aromatic carbocycles. The summed E-state index contributed by atoms with van der Waals surface area (Å²) in [6.07, 6.45) is 7.04. The van der Waals surface area contributed by atoms with Crippen LogP contribution in [0.5, 0.6) is 5.75 Å². The smallest absolute Gasteiger partial charge is 0.266 e. The first-order valence-corrected chi connectivity index (χ1v) is 13.3. The number of thiocarbonyl (C=S) groups is 1. The molecule has 1 aliphatic rings. The Bertz CT molecular complexity index is 1200. The normalized spacial score (nSPS) is 15.0. The van der Waals surface area contributed by atoms with E-state index in [-0.39, 0.29) is 5.91 Å². The van der Waals surface area contributed by atoms with Crippen molar-refractivity contribution in [3.05, 3.63) is 71.3 Å². The molecule has 5 nitrogen and oxygen atoms in total. The van der Waals surface area contributed by atoms with E-state index < -0.39 is 0 Å². The number of aromatic nitrogens is 2. The number of nitrogens with zero attached hydrogens (tertiary/aromatic N) is 3. The van der Waals surface area contributed by atoms with Crippen molar-refractivity contribution in [2.45, 2.75) is 40.0 Å². The second-order valence-electron chi connectivity index (χ2n) is 8.98. The third-order valence-corrected chi connectivity index (χ3v) is 7.00. The maximum Gasteiger partial charge on any atom is 0.266 e. The van der Waals surface area contributed by atoms with E-state index in [2.05, 4.69) is 20.8 Å². The molecule has 0 radical (unpaired) electrons. The molecule has 1 aromatic heterocycles. The summed E-state index contributed by atoms with van der Waals surface area (Å²) in [5.74, 6) is 1.27. The van der Waals surface area contributed by atoms with Gasteiger partial charge in [-0.05, 0) is 54.8 Å². The minimum absolute atomic E-state index is 0.0213. The lowest BCUT2D eigenvalue weighted by Gasteiger charge is -2.13. The van der Waals surface area contributed by atoms with Crippen LogP contribution < -0.4 is 4.74 Å². The molecule has 1 fully saturated rings. The minimum atomic E-state index is -0.0213. The van der Waals surface area contributed by atoms with Gasteiger partial charge in [0, 0.05) is 23.9 Å². The van der Waals surface area contributed by atoms with Crippen LogP contribution in [0.25, 0.3) is 23.0 Å². The van der Waals surface area contributed by atoms with Crippen LogP contribution in [-0.4, -0.2) is 38.1 Å². The van der Waals surface area contributed by atoms with Gasteiger partial charge in [-0.1, -0.05) is 75.8 Å². The molecule has 0 aliphatic carbocycles. The first-order valence-electron chi connectivity index (χ1n) is 12.1. The highest BCUT2D eigenvalue weighted by atomic mass is 32.2. The Morgan fingerprint density at radius 1 is 1.09 bits per heavy atom. The van der Waals surface area contributed by atoms with Crippen molar-refractivity contribution in [1.29, 1.82) is 0 Å². The first kappa shape index (κ1) is 25.2. The van der Waals surface area contributed by atoms with Crippen molar-refractivity contribution in [3.8, 4) is 22.7 Å². The average Bonchev–Trinajstić information content (AvgIpc) is 3.40. The highest BCUT2D eigenvalue weighted by molar-refractivity contribution is 8.26. The molecule has 1 saturated heterocycles. The predicted octanol–water partition coefficient (Wildman–Crippen LogP) is 6.97. The number of unbranched alkanes of at least 4 members (excludes halogenated alkanes) is 2. The molecule has 0 N–H and O–H groups in total. The number of benzene rings is 2. The molecule has 4 rings (SSSR count). The second kappa shape index (κ2) is 11.7. The van der Waals surface area contributed by atoms with E-state index >= 15 is 0 Å². The molecule has 182 valence electrons. The molecule has 7 heteroatoms. The van der Waals surface area contributed by atoms with Crippen LogP contribution >= 0.6 is 24.0 Å². The van der Waals surface area contributed by atoms with Gasteiger partial charge in [0.2, 0.25) is 0 Å². The Morgan fingerprint density at radius 3 is 2.51 bits per heavy atom. The second-order valence-corrected chi connectivity index (χ2v) is 10.7. The van der Waals surface area contributed by atoms with Crippen LogP contribution in [0.15, 0.2) is 65.7 Å². The van der Waals surface area contributed by atoms with E-state index in [1.165, 1.54) is 11.8 Å². The van der Waals surface area contributed by atoms with Crippen molar-refractivity contribution in [2.24, 2.45) is 5.92 Å². The van der Waals surface area contributed by atoms with Gasteiger partial charge in [0.25, 0.3) is 5.91 Å². The summed E-state index contributed by atoms with van der Waals surface area (Å²) in [5.41, 5.74) is 3.60. The molecule has 0 bridgehead atoms. The Labute approximate surface area is 217 Å². The maximum absolute atomic E-state index is 13.1. The van der Waals surface area contributed by atoms with E-state index in [4.69, 9.17) is 22.1 Å². The molecular weight excluding hydrogens is 474 g/mol. The Morgan fingerprint density at radius 2 is 1.83 bits per heavy atom. The summed E-state index contributed by atoms with van der Waals surface area (Å²) in [6.45, 7) is 7.75. The summed E-state index contributed by atoms with van der Waals surface area (Å²) >= 11 is 6.89. The van der Waals surface area contributed by atoms with Crippen LogP contribution in [0, 0.1) is 5.92 Å². The number of carbonyl (C=O) groups is 1. The predicted molar refractivity (Wildman–Crippen MR) is 149 cm³/mol. The number of ether oxygens (including phenoxy) is 1. The van der Waals surface area contributed by atoms with E-state index in [1.54, 1.807) is 4.90 Å². The Balaban J connectivity index is 1.66. The molecule has 2 heterocycles. The van der Waals surface area contributed by atoms with Crippen molar-refractivity contribution < 1.29 is 9.53 Å². The Hall–Kier alpha value is -2.90. The van der Waals surface area contributed by atoms with Crippen LogP contribution in [0.2, 0.25) is 0 Å². The number of amides is 1. The zero-order valence-corrected chi connectivity index (χ0v) is 22.1. The number of para-hydroxylation sites is 1. The molecule has 1 aliphatic heterocycles. The standard InChI is InChI=1S/C28H31N3O2S2/c1-4-5-9-16-30-27(32)25(35-28(30)34)17-22-18-31(23-10-7-6-8-11-23)29-26(22)21-12-14-24(15-13-21)33-19-20(2)3/h6-8,10-15,17-18,20H,4-5,9,16,19H2,1-3H3/b25-17-. The topological polar surface area (TPSA) is 47.4 Å². The molecule has 3 aromatic rings. The van der Waals surface area contributed by atoms with Crippen molar-refractivity contribution >= 4 is 40.3 Å². The van der Waals surface area contributed by atoms with Gasteiger partial charge in [0.05, 0.1) is 22.9 Å². The molecule has 0 atom stereocenters. The third-order valence-electron chi connectivity index (χ3n) is 5.62. The van der Waals surface area contributed by atoms with Gasteiger partial charge in [0.15, 0.2) is 0 Å². The lowest BCUT2D eigenvalue weighted by Crippen LogP contribution is -2.28. The van der Waals surface area contributed by atoms with E-state index in [9.17, 15) is 4.79 Å². The zero-order valence-electron chi connectivity index (χ0n) is 20.4. The number of hydrogen-bond acceptors (Lipinski definition) is 5. The monoisotopic (exact) mass is 505 g/mol. The largest absolute Gasteiger partial charge is 0.493 e. The third kappa shape index (κ3) is 6.21. The summed E-state index contributed by atoms with van der Waals surface area (Å²) in [7, 11) is 0. The van der Waals surface area contributed by atoms with Gasteiger partial charge in [-0.25, -0.2) is 4.68 Å². The lowest BCUT2D eigenvalue weighted by molar-refractivity contribution is -0.122. The number of thioether (sulfide) groups is 1. The highest BCUT2D eigenvalue weighted by Crippen LogP contribution is 2.35. The minimum Gasteiger partial charge on any atom is -0.493 e. The van der Waals surface area contributed by atoms with Crippen molar-refractivity contribution in [1.82, 2.24) is 14.7 Å². The number of hydrogen-bond donors (Lipinski definition) is 0. The fourth-order valence-corrected chi connectivity index (χ4v) is 5.06.